The molecule has 3 heteroatoms. The van der Waals surface area contributed by atoms with Crippen molar-refractivity contribution in [3.8, 4) is 0 Å². The molecule has 0 amide bonds. The van der Waals surface area contributed by atoms with Crippen LogP contribution in [0.15, 0.2) is 0 Å². The highest BCUT2D eigenvalue weighted by Crippen LogP contribution is 2.24. The molecular weight excluding hydrogens is 226 g/mol. The van der Waals surface area contributed by atoms with Crippen molar-refractivity contribution in [1.82, 2.24) is 5.32 Å². The van der Waals surface area contributed by atoms with E-state index in [-0.39, 0.29) is 5.92 Å². The number of aliphatic carboxylic acids is 1. The number of carboxylic acids is 1. The van der Waals surface area contributed by atoms with Gasteiger partial charge in [-0.05, 0) is 50.5 Å². The number of unbranched alkanes of at least 4 members (excludes halogenated alkanes) is 1. The van der Waals surface area contributed by atoms with Gasteiger partial charge in [0.2, 0.25) is 0 Å². The zero-order valence-electron chi connectivity index (χ0n) is 12.2. The first-order chi connectivity index (χ1) is 8.38. The van der Waals surface area contributed by atoms with E-state index in [2.05, 4.69) is 26.1 Å². The quantitative estimate of drug-likeness (QED) is 0.715. The van der Waals surface area contributed by atoms with Gasteiger partial charge in [0.05, 0.1) is 5.92 Å². The third-order valence-electron chi connectivity index (χ3n) is 3.86. The number of rotatable bonds is 6. The largest absolute Gasteiger partial charge is 0.481 e. The predicted molar refractivity (Wildman–Crippen MR) is 74.7 cm³/mol. The molecule has 1 rings (SSSR count). The number of hydrogen-bond acceptors (Lipinski definition) is 2. The topological polar surface area (TPSA) is 49.3 Å². The maximum absolute atomic E-state index is 10.8. The van der Waals surface area contributed by atoms with Crippen LogP contribution in [0.4, 0.5) is 0 Å². The van der Waals surface area contributed by atoms with Crippen molar-refractivity contribution >= 4 is 5.97 Å². The van der Waals surface area contributed by atoms with E-state index in [9.17, 15) is 4.79 Å². The molecule has 0 atom stereocenters. The number of nitrogens with one attached hydrogen (secondary N) is 1. The van der Waals surface area contributed by atoms with Crippen LogP contribution in [0.1, 0.15) is 65.7 Å². The lowest BCUT2D eigenvalue weighted by atomic mass is 9.86. The van der Waals surface area contributed by atoms with Gasteiger partial charge in [-0.1, -0.05) is 27.2 Å². The van der Waals surface area contributed by atoms with Crippen LogP contribution in [-0.4, -0.2) is 23.7 Å². The molecule has 0 spiro atoms. The molecule has 0 aliphatic heterocycles. The first-order valence-electron chi connectivity index (χ1n) is 7.35. The summed E-state index contributed by atoms with van der Waals surface area (Å²) in [7, 11) is 0. The predicted octanol–water partition coefficient (Wildman–Crippen LogP) is 3.44. The maximum atomic E-state index is 10.8. The molecule has 106 valence electrons. The molecule has 1 fully saturated rings. The summed E-state index contributed by atoms with van der Waals surface area (Å²) in [6.45, 7) is 7.94. The van der Waals surface area contributed by atoms with E-state index < -0.39 is 5.97 Å². The molecule has 0 aromatic rings. The first-order valence-corrected chi connectivity index (χ1v) is 7.35. The van der Waals surface area contributed by atoms with Crippen molar-refractivity contribution in [3.05, 3.63) is 0 Å². The lowest BCUT2D eigenvalue weighted by molar-refractivity contribution is -0.142. The lowest BCUT2D eigenvalue weighted by Gasteiger charge is -2.27. The Morgan fingerprint density at radius 1 is 1.17 bits per heavy atom. The molecule has 0 unspecified atom stereocenters. The van der Waals surface area contributed by atoms with Crippen LogP contribution in [0.2, 0.25) is 0 Å². The van der Waals surface area contributed by atoms with Gasteiger partial charge in [-0.3, -0.25) is 4.79 Å². The summed E-state index contributed by atoms with van der Waals surface area (Å²) in [4.78, 5) is 10.8. The molecule has 3 nitrogen and oxygen atoms in total. The molecule has 0 radical (unpaired) electrons. The molecule has 1 aliphatic carbocycles. The summed E-state index contributed by atoms with van der Waals surface area (Å²) in [5, 5.41) is 12.5. The van der Waals surface area contributed by atoms with Crippen molar-refractivity contribution in [2.24, 2.45) is 11.3 Å². The van der Waals surface area contributed by atoms with Crippen LogP contribution in [0, 0.1) is 11.3 Å². The highest BCUT2D eigenvalue weighted by atomic mass is 16.4. The van der Waals surface area contributed by atoms with Crippen LogP contribution in [-0.2, 0) is 4.79 Å². The fourth-order valence-electron chi connectivity index (χ4n) is 2.63. The summed E-state index contributed by atoms with van der Waals surface area (Å²) in [5.41, 5.74) is 0.444. The Bertz CT molecular complexity index is 250. The summed E-state index contributed by atoms with van der Waals surface area (Å²) >= 11 is 0. The lowest BCUT2D eigenvalue weighted by Crippen LogP contribution is -2.35. The van der Waals surface area contributed by atoms with Crippen molar-refractivity contribution < 1.29 is 9.90 Å². The van der Waals surface area contributed by atoms with Gasteiger partial charge in [0.15, 0.2) is 0 Å². The van der Waals surface area contributed by atoms with Gasteiger partial charge in [-0.15, -0.1) is 0 Å². The molecule has 0 aromatic heterocycles. The van der Waals surface area contributed by atoms with Crippen molar-refractivity contribution in [2.75, 3.05) is 6.54 Å². The second-order valence-corrected chi connectivity index (χ2v) is 6.86. The summed E-state index contributed by atoms with van der Waals surface area (Å²) in [5.74, 6) is -0.706. The van der Waals surface area contributed by atoms with Gasteiger partial charge in [-0.2, -0.15) is 0 Å². The van der Waals surface area contributed by atoms with E-state index in [1.807, 2.05) is 0 Å². The average molecular weight is 255 g/mol. The third kappa shape index (κ3) is 6.39. The molecule has 1 saturated carbocycles. The monoisotopic (exact) mass is 255 g/mol. The average Bonchev–Trinajstić information content (AvgIpc) is 2.27. The molecule has 0 saturated heterocycles. The summed E-state index contributed by atoms with van der Waals surface area (Å²) in [6, 6.07) is 0.551. The normalized spacial score (nSPS) is 25.1. The zero-order valence-corrected chi connectivity index (χ0v) is 12.2. The summed E-state index contributed by atoms with van der Waals surface area (Å²) < 4.78 is 0. The Hall–Kier alpha value is -0.570. The molecule has 18 heavy (non-hydrogen) atoms. The number of carboxylic acid groups (broad SMARTS) is 1. The number of carbonyl (C=O) groups is 1. The van der Waals surface area contributed by atoms with Crippen molar-refractivity contribution in [3.63, 3.8) is 0 Å². The second-order valence-electron chi connectivity index (χ2n) is 6.86. The van der Waals surface area contributed by atoms with E-state index in [4.69, 9.17) is 5.11 Å². The Kier molecular flexibility index (Phi) is 6.13. The molecule has 2 N–H and O–H groups in total. The number of hydrogen-bond donors (Lipinski definition) is 2. The highest BCUT2D eigenvalue weighted by molar-refractivity contribution is 5.70. The molecule has 0 bridgehead atoms. The first kappa shape index (κ1) is 15.5. The Labute approximate surface area is 111 Å². The van der Waals surface area contributed by atoms with Gasteiger partial charge in [0.1, 0.15) is 0 Å². The Morgan fingerprint density at radius 3 is 2.28 bits per heavy atom. The summed E-state index contributed by atoms with van der Waals surface area (Å²) in [6.07, 6.45) is 7.52. The van der Waals surface area contributed by atoms with Crippen LogP contribution in [0.3, 0.4) is 0 Å². The van der Waals surface area contributed by atoms with Crippen LogP contribution in [0.25, 0.3) is 0 Å². The van der Waals surface area contributed by atoms with Gasteiger partial charge >= 0.3 is 5.97 Å². The van der Waals surface area contributed by atoms with Gasteiger partial charge < -0.3 is 10.4 Å². The van der Waals surface area contributed by atoms with Crippen LogP contribution >= 0.6 is 0 Å². The molecular formula is C15H29NO2. The van der Waals surface area contributed by atoms with Gasteiger partial charge in [-0.25, -0.2) is 0 Å². The second kappa shape index (κ2) is 7.13. The highest BCUT2D eigenvalue weighted by Gasteiger charge is 2.25. The fourth-order valence-corrected chi connectivity index (χ4v) is 2.63. The molecule has 0 aromatic carbocycles. The van der Waals surface area contributed by atoms with Gasteiger partial charge in [0.25, 0.3) is 0 Å². The smallest absolute Gasteiger partial charge is 0.306 e. The van der Waals surface area contributed by atoms with E-state index in [0.29, 0.717) is 11.5 Å². The van der Waals surface area contributed by atoms with Crippen LogP contribution in [0.5, 0.6) is 0 Å². The van der Waals surface area contributed by atoms with E-state index >= 15 is 0 Å². The van der Waals surface area contributed by atoms with Crippen LogP contribution < -0.4 is 5.32 Å². The van der Waals surface area contributed by atoms with E-state index in [0.717, 1.165) is 32.2 Å². The SMILES string of the molecule is CC(C)(C)CCCCNC1CCC(C(=O)O)CC1. The van der Waals surface area contributed by atoms with Crippen molar-refractivity contribution in [2.45, 2.75) is 71.8 Å². The standard InChI is InChI=1S/C15H29NO2/c1-15(2,3)10-4-5-11-16-13-8-6-12(7-9-13)14(17)18/h12-13,16H,4-11H2,1-3H3,(H,17,18). The van der Waals surface area contributed by atoms with Gasteiger partial charge in [0, 0.05) is 6.04 Å². The minimum absolute atomic E-state index is 0.0936. The maximum Gasteiger partial charge on any atom is 0.306 e. The minimum Gasteiger partial charge on any atom is -0.481 e. The Morgan fingerprint density at radius 2 is 1.78 bits per heavy atom. The zero-order chi connectivity index (χ0) is 13.6. The van der Waals surface area contributed by atoms with Crippen molar-refractivity contribution in [1.29, 1.82) is 0 Å². The van der Waals surface area contributed by atoms with E-state index in [1.165, 1.54) is 19.3 Å². The fraction of sp³-hybridized carbons (Fsp3) is 0.933. The molecule has 0 heterocycles. The van der Waals surface area contributed by atoms with E-state index in [1.54, 1.807) is 0 Å². The minimum atomic E-state index is -0.612. The molecule has 1 aliphatic rings. The Balaban J connectivity index is 2.03. The third-order valence-corrected chi connectivity index (χ3v) is 3.86.